The minimum atomic E-state index is -1.24. The van der Waals surface area contributed by atoms with E-state index in [1.807, 2.05) is 55.5 Å². The Labute approximate surface area is 200 Å². The van der Waals surface area contributed by atoms with E-state index in [-0.39, 0.29) is 30.0 Å². The summed E-state index contributed by atoms with van der Waals surface area (Å²) in [6.07, 6.45) is 0. The molecule has 1 saturated heterocycles. The van der Waals surface area contributed by atoms with Gasteiger partial charge in [0, 0.05) is 22.0 Å². The fourth-order valence-electron chi connectivity index (χ4n) is 4.32. The molecule has 0 aromatic heterocycles. The summed E-state index contributed by atoms with van der Waals surface area (Å²) in [6, 6.07) is 21.7. The van der Waals surface area contributed by atoms with Crippen molar-refractivity contribution in [2.75, 3.05) is 27.4 Å². The number of carbonyl (C=O) groups is 3. The van der Waals surface area contributed by atoms with Crippen LogP contribution in [0.5, 0.6) is 0 Å². The second-order valence-electron chi connectivity index (χ2n) is 7.96. The lowest BCUT2D eigenvalue weighted by Crippen LogP contribution is -2.50. The number of thioether (sulfide) groups is 1. The van der Waals surface area contributed by atoms with Gasteiger partial charge in [-0.05, 0) is 43.3 Å². The number of halogens is 1. The van der Waals surface area contributed by atoms with E-state index >= 15 is 0 Å². The maximum absolute atomic E-state index is 13.9. The van der Waals surface area contributed by atoms with Crippen molar-refractivity contribution in [2.24, 2.45) is 0 Å². The van der Waals surface area contributed by atoms with E-state index in [1.54, 1.807) is 29.2 Å². The molecule has 3 aromatic rings. The van der Waals surface area contributed by atoms with Crippen LogP contribution in [0, 0.1) is 6.92 Å². The zero-order valence-electron chi connectivity index (χ0n) is 17.7. The molecule has 0 aliphatic carbocycles. The van der Waals surface area contributed by atoms with E-state index in [4.69, 9.17) is 11.6 Å². The van der Waals surface area contributed by atoms with Crippen LogP contribution in [-0.2, 0) is 19.3 Å². The molecule has 8 heteroatoms. The van der Waals surface area contributed by atoms with Crippen LogP contribution in [0.4, 0.5) is 17.1 Å². The van der Waals surface area contributed by atoms with Crippen LogP contribution < -0.4 is 15.1 Å². The van der Waals surface area contributed by atoms with Gasteiger partial charge in [0.2, 0.25) is 16.7 Å². The average molecular weight is 478 g/mol. The first kappa shape index (κ1) is 21.6. The van der Waals surface area contributed by atoms with E-state index < -0.39 is 4.87 Å². The fourth-order valence-corrected chi connectivity index (χ4v) is 5.87. The molecule has 2 heterocycles. The van der Waals surface area contributed by atoms with Gasteiger partial charge in [-0.2, -0.15) is 0 Å². The summed E-state index contributed by atoms with van der Waals surface area (Å²) in [4.78, 5) is 41.6. The van der Waals surface area contributed by atoms with Crippen LogP contribution in [0.2, 0.25) is 5.02 Å². The highest BCUT2D eigenvalue weighted by molar-refractivity contribution is 8.02. The zero-order valence-corrected chi connectivity index (χ0v) is 19.3. The Bertz CT molecular complexity index is 1280. The number of nitrogens with one attached hydrogen (secondary N) is 1. The molecule has 2 aliphatic heterocycles. The predicted octanol–water partition coefficient (Wildman–Crippen LogP) is 4.57. The molecule has 2 aliphatic rings. The summed E-state index contributed by atoms with van der Waals surface area (Å²) in [5.41, 5.74) is 3.60. The molecule has 0 bridgehead atoms. The zero-order chi connectivity index (χ0) is 23.2. The standard InChI is InChI=1S/C25H20ClN3O3S/c1-16-9-11-19(12-10-16)29-23(31)15-33-25(29)20-7-2-3-8-21(20)28(24(25)32)14-22(30)27-18-6-4-5-17(26)13-18/h2-13H,14-15H2,1H3,(H,27,30). The number of hydrogen-bond acceptors (Lipinski definition) is 4. The van der Waals surface area contributed by atoms with E-state index in [0.717, 1.165) is 5.56 Å². The summed E-state index contributed by atoms with van der Waals surface area (Å²) in [5, 5.41) is 3.30. The molecule has 0 radical (unpaired) electrons. The van der Waals surface area contributed by atoms with Crippen LogP contribution in [0.25, 0.3) is 0 Å². The Balaban J connectivity index is 1.51. The molecule has 1 atom stereocenters. The molecule has 166 valence electrons. The van der Waals surface area contributed by atoms with Gasteiger partial charge in [0.15, 0.2) is 0 Å². The molecule has 1 fully saturated rings. The minimum absolute atomic E-state index is 0.141. The van der Waals surface area contributed by atoms with Crippen LogP contribution >= 0.6 is 23.4 Å². The molecule has 33 heavy (non-hydrogen) atoms. The molecule has 0 saturated carbocycles. The molecule has 3 aromatic carbocycles. The smallest absolute Gasteiger partial charge is 0.269 e. The Morgan fingerprint density at radius 1 is 1.06 bits per heavy atom. The average Bonchev–Trinajstić information content (AvgIpc) is 3.26. The first-order valence-electron chi connectivity index (χ1n) is 10.4. The number of para-hydroxylation sites is 1. The molecular formula is C25H20ClN3O3S. The van der Waals surface area contributed by atoms with Gasteiger partial charge < -0.3 is 5.32 Å². The van der Waals surface area contributed by atoms with Crippen molar-refractivity contribution in [1.82, 2.24) is 0 Å². The maximum Gasteiger partial charge on any atom is 0.269 e. The quantitative estimate of drug-likeness (QED) is 0.597. The van der Waals surface area contributed by atoms with Gasteiger partial charge >= 0.3 is 0 Å². The third-order valence-corrected chi connectivity index (χ3v) is 7.39. The molecular weight excluding hydrogens is 458 g/mol. The summed E-state index contributed by atoms with van der Waals surface area (Å²) in [7, 11) is 0. The fraction of sp³-hybridized carbons (Fsp3) is 0.160. The SMILES string of the molecule is Cc1ccc(N2C(=O)CSC23C(=O)N(CC(=O)Nc2cccc(Cl)c2)c2ccccc23)cc1. The van der Waals surface area contributed by atoms with Gasteiger partial charge in [-0.15, -0.1) is 11.8 Å². The van der Waals surface area contributed by atoms with Crippen molar-refractivity contribution in [3.8, 4) is 0 Å². The van der Waals surface area contributed by atoms with E-state index in [2.05, 4.69) is 5.32 Å². The summed E-state index contributed by atoms with van der Waals surface area (Å²) in [5.74, 6) is -0.622. The van der Waals surface area contributed by atoms with Crippen LogP contribution in [0.15, 0.2) is 72.8 Å². The Morgan fingerprint density at radius 3 is 2.58 bits per heavy atom. The molecule has 1 unspecified atom stereocenters. The number of benzene rings is 3. The number of nitrogens with zero attached hydrogens (tertiary/aromatic N) is 2. The highest BCUT2D eigenvalue weighted by Gasteiger charge is 2.61. The van der Waals surface area contributed by atoms with Gasteiger partial charge in [-0.3, -0.25) is 24.2 Å². The van der Waals surface area contributed by atoms with Crippen molar-refractivity contribution in [1.29, 1.82) is 0 Å². The number of amides is 3. The van der Waals surface area contributed by atoms with Crippen molar-refractivity contribution >= 4 is 58.1 Å². The predicted molar refractivity (Wildman–Crippen MR) is 132 cm³/mol. The third kappa shape index (κ3) is 3.57. The number of carbonyl (C=O) groups excluding carboxylic acids is 3. The maximum atomic E-state index is 13.9. The highest BCUT2D eigenvalue weighted by atomic mass is 35.5. The summed E-state index contributed by atoms with van der Waals surface area (Å²) < 4.78 is 0. The van der Waals surface area contributed by atoms with Crippen LogP contribution in [0.1, 0.15) is 11.1 Å². The number of hydrogen-bond donors (Lipinski definition) is 1. The number of fused-ring (bicyclic) bond motifs is 2. The lowest BCUT2D eigenvalue weighted by molar-refractivity contribution is -0.124. The molecule has 1 N–H and O–H groups in total. The van der Waals surface area contributed by atoms with Crippen molar-refractivity contribution in [3.63, 3.8) is 0 Å². The monoisotopic (exact) mass is 477 g/mol. The van der Waals surface area contributed by atoms with Crippen molar-refractivity contribution < 1.29 is 14.4 Å². The number of aryl methyl sites for hydroxylation is 1. The van der Waals surface area contributed by atoms with Crippen molar-refractivity contribution in [3.05, 3.63) is 88.9 Å². The van der Waals surface area contributed by atoms with Crippen LogP contribution in [0.3, 0.4) is 0 Å². The van der Waals surface area contributed by atoms with Gasteiger partial charge in [0.1, 0.15) is 6.54 Å². The van der Waals surface area contributed by atoms with Gasteiger partial charge in [-0.1, -0.05) is 53.6 Å². The number of rotatable bonds is 4. The van der Waals surface area contributed by atoms with E-state index in [0.29, 0.717) is 27.6 Å². The van der Waals surface area contributed by atoms with Gasteiger partial charge in [-0.25, -0.2) is 0 Å². The Kier molecular flexibility index (Phi) is 5.38. The number of anilines is 3. The van der Waals surface area contributed by atoms with Gasteiger partial charge in [0.25, 0.3) is 5.91 Å². The molecule has 5 rings (SSSR count). The largest absolute Gasteiger partial charge is 0.324 e. The normalized spacial score (nSPS) is 19.3. The second kappa shape index (κ2) is 8.24. The topological polar surface area (TPSA) is 69.7 Å². The highest BCUT2D eigenvalue weighted by Crippen LogP contribution is 2.55. The van der Waals surface area contributed by atoms with Crippen molar-refractivity contribution in [2.45, 2.75) is 11.8 Å². The molecule has 1 spiro atoms. The summed E-state index contributed by atoms with van der Waals surface area (Å²) >= 11 is 7.30. The Morgan fingerprint density at radius 2 is 1.82 bits per heavy atom. The third-order valence-electron chi connectivity index (χ3n) is 5.77. The summed E-state index contributed by atoms with van der Waals surface area (Å²) in [6.45, 7) is 1.79. The van der Waals surface area contributed by atoms with E-state index in [1.165, 1.54) is 16.7 Å². The van der Waals surface area contributed by atoms with Crippen LogP contribution in [-0.4, -0.2) is 30.0 Å². The van der Waals surface area contributed by atoms with E-state index in [9.17, 15) is 14.4 Å². The lowest BCUT2D eigenvalue weighted by Gasteiger charge is -2.33. The molecule has 3 amide bonds. The first-order chi connectivity index (χ1) is 15.9. The second-order valence-corrected chi connectivity index (χ2v) is 9.57. The minimum Gasteiger partial charge on any atom is -0.324 e. The Hall–Kier alpha value is -3.29. The van der Waals surface area contributed by atoms with Gasteiger partial charge in [0.05, 0.1) is 11.4 Å². The lowest BCUT2D eigenvalue weighted by atomic mass is 10.0. The first-order valence-corrected chi connectivity index (χ1v) is 11.8. The molecule has 6 nitrogen and oxygen atoms in total.